The summed E-state index contributed by atoms with van der Waals surface area (Å²) < 4.78 is 28.1. The van der Waals surface area contributed by atoms with Crippen LogP contribution in [-0.2, 0) is 4.79 Å². The third-order valence-electron chi connectivity index (χ3n) is 4.10. The van der Waals surface area contributed by atoms with Crippen LogP contribution >= 0.6 is 23.4 Å². The summed E-state index contributed by atoms with van der Waals surface area (Å²) in [5.74, 6) is -2.04. The number of hydrogen-bond donors (Lipinski definition) is 1. The normalized spacial score (nSPS) is 12.0. The van der Waals surface area contributed by atoms with Crippen LogP contribution in [0, 0.1) is 18.6 Å². The predicted molar refractivity (Wildman–Crippen MR) is 105 cm³/mol. The van der Waals surface area contributed by atoms with Crippen molar-refractivity contribution in [3.8, 4) is 5.69 Å². The Hall–Kier alpha value is -2.45. The average Bonchev–Trinajstić information content (AvgIpc) is 3.13. The third kappa shape index (κ3) is 4.69. The lowest BCUT2D eigenvalue weighted by atomic mass is 10.1. The lowest BCUT2D eigenvalue weighted by Crippen LogP contribution is -2.28. The van der Waals surface area contributed by atoms with E-state index < -0.39 is 17.7 Å². The SMILES string of the molecule is Cc1ccc(-n2cnnc2SCC(=O)NC(C)c2ccc(F)c(F)c2)cc1Cl. The Morgan fingerprint density at radius 2 is 2.04 bits per heavy atom. The molecule has 1 N–H and O–H groups in total. The highest BCUT2D eigenvalue weighted by Gasteiger charge is 2.14. The molecule has 5 nitrogen and oxygen atoms in total. The third-order valence-corrected chi connectivity index (χ3v) is 5.45. The molecule has 1 atom stereocenters. The van der Waals surface area contributed by atoms with Gasteiger partial charge in [0.2, 0.25) is 5.91 Å². The number of nitrogens with zero attached hydrogens (tertiary/aromatic N) is 3. The maximum atomic E-state index is 13.4. The number of carbonyl (C=O) groups is 1. The quantitative estimate of drug-likeness (QED) is 0.595. The van der Waals surface area contributed by atoms with E-state index >= 15 is 0 Å². The first-order valence-electron chi connectivity index (χ1n) is 8.39. The predicted octanol–water partition coefficient (Wildman–Crippen LogP) is 4.48. The van der Waals surface area contributed by atoms with E-state index in [1.807, 2.05) is 19.1 Å². The summed E-state index contributed by atoms with van der Waals surface area (Å²) in [5, 5.41) is 11.8. The Morgan fingerprint density at radius 3 is 2.75 bits per heavy atom. The van der Waals surface area contributed by atoms with Gasteiger partial charge in [-0.3, -0.25) is 9.36 Å². The molecular weight excluding hydrogens is 406 g/mol. The molecule has 0 radical (unpaired) electrons. The van der Waals surface area contributed by atoms with Crippen molar-refractivity contribution in [1.29, 1.82) is 0 Å². The molecule has 2 aromatic carbocycles. The second-order valence-corrected chi connectivity index (χ2v) is 7.52. The van der Waals surface area contributed by atoms with E-state index in [1.54, 1.807) is 23.9 Å². The summed E-state index contributed by atoms with van der Waals surface area (Å²) in [7, 11) is 0. The Balaban J connectivity index is 1.63. The number of aryl methyl sites for hydroxylation is 1. The zero-order valence-electron chi connectivity index (χ0n) is 15.1. The molecular formula is C19H17ClF2N4OS. The van der Waals surface area contributed by atoms with Gasteiger partial charge in [0.25, 0.3) is 0 Å². The van der Waals surface area contributed by atoms with E-state index in [-0.39, 0.29) is 11.7 Å². The van der Waals surface area contributed by atoms with Crippen molar-refractivity contribution in [3.05, 3.63) is 70.5 Å². The molecule has 0 fully saturated rings. The fourth-order valence-corrected chi connectivity index (χ4v) is 3.42. The highest BCUT2D eigenvalue weighted by molar-refractivity contribution is 7.99. The number of benzene rings is 2. The van der Waals surface area contributed by atoms with E-state index in [4.69, 9.17) is 11.6 Å². The van der Waals surface area contributed by atoms with Crippen molar-refractivity contribution in [2.45, 2.75) is 25.0 Å². The molecule has 3 rings (SSSR count). The zero-order chi connectivity index (χ0) is 20.3. The molecule has 0 aliphatic rings. The van der Waals surface area contributed by atoms with Crippen molar-refractivity contribution in [2.75, 3.05) is 5.75 Å². The Bertz CT molecular complexity index is 1010. The van der Waals surface area contributed by atoms with Gasteiger partial charge < -0.3 is 5.32 Å². The summed E-state index contributed by atoms with van der Waals surface area (Å²) in [6, 6.07) is 8.67. The van der Waals surface area contributed by atoms with Gasteiger partial charge in [-0.05, 0) is 49.2 Å². The summed E-state index contributed by atoms with van der Waals surface area (Å²) in [4.78, 5) is 12.2. The second-order valence-electron chi connectivity index (χ2n) is 6.17. The molecule has 9 heteroatoms. The van der Waals surface area contributed by atoms with Crippen LogP contribution in [0.25, 0.3) is 5.69 Å². The summed E-state index contributed by atoms with van der Waals surface area (Å²) >= 11 is 7.38. The van der Waals surface area contributed by atoms with Crippen molar-refractivity contribution >= 4 is 29.3 Å². The molecule has 1 amide bonds. The smallest absolute Gasteiger partial charge is 0.230 e. The fraction of sp³-hybridized carbons (Fsp3) is 0.211. The monoisotopic (exact) mass is 422 g/mol. The van der Waals surface area contributed by atoms with Crippen molar-refractivity contribution < 1.29 is 13.6 Å². The molecule has 0 aliphatic carbocycles. The van der Waals surface area contributed by atoms with Gasteiger partial charge in [-0.1, -0.05) is 35.5 Å². The number of amides is 1. The Labute approximate surface area is 170 Å². The highest BCUT2D eigenvalue weighted by atomic mass is 35.5. The molecule has 0 spiro atoms. The van der Waals surface area contributed by atoms with Crippen molar-refractivity contribution in [2.24, 2.45) is 0 Å². The molecule has 3 aromatic rings. The van der Waals surface area contributed by atoms with Crippen LogP contribution in [0.3, 0.4) is 0 Å². The van der Waals surface area contributed by atoms with E-state index in [0.717, 1.165) is 23.4 Å². The Kier molecular flexibility index (Phi) is 6.31. The minimum Gasteiger partial charge on any atom is -0.349 e. The molecule has 0 aliphatic heterocycles. The first kappa shape index (κ1) is 20.3. The molecule has 28 heavy (non-hydrogen) atoms. The van der Waals surface area contributed by atoms with Crippen molar-refractivity contribution in [3.63, 3.8) is 0 Å². The van der Waals surface area contributed by atoms with Crippen LogP contribution < -0.4 is 5.32 Å². The van der Waals surface area contributed by atoms with Crippen molar-refractivity contribution in [1.82, 2.24) is 20.1 Å². The van der Waals surface area contributed by atoms with Gasteiger partial charge in [-0.25, -0.2) is 8.78 Å². The largest absolute Gasteiger partial charge is 0.349 e. The minimum absolute atomic E-state index is 0.0896. The zero-order valence-corrected chi connectivity index (χ0v) is 16.7. The molecule has 0 saturated carbocycles. The van der Waals surface area contributed by atoms with Crippen LogP contribution in [0.2, 0.25) is 5.02 Å². The second kappa shape index (κ2) is 8.70. The van der Waals surface area contributed by atoms with E-state index in [0.29, 0.717) is 15.7 Å². The van der Waals surface area contributed by atoms with Gasteiger partial charge in [-0.15, -0.1) is 10.2 Å². The van der Waals surface area contributed by atoms with E-state index in [1.165, 1.54) is 17.8 Å². The van der Waals surface area contributed by atoms with Crippen LogP contribution in [0.15, 0.2) is 47.9 Å². The van der Waals surface area contributed by atoms with Crippen LogP contribution in [-0.4, -0.2) is 26.4 Å². The lowest BCUT2D eigenvalue weighted by molar-refractivity contribution is -0.119. The first-order valence-corrected chi connectivity index (χ1v) is 9.75. The van der Waals surface area contributed by atoms with Crippen LogP contribution in [0.4, 0.5) is 8.78 Å². The number of rotatable bonds is 6. The van der Waals surface area contributed by atoms with Gasteiger partial charge in [0.05, 0.1) is 17.5 Å². The molecule has 1 heterocycles. The molecule has 0 saturated heterocycles. The number of carbonyl (C=O) groups excluding carboxylic acids is 1. The van der Waals surface area contributed by atoms with Gasteiger partial charge in [-0.2, -0.15) is 0 Å². The molecule has 0 bridgehead atoms. The number of aromatic nitrogens is 3. The van der Waals surface area contributed by atoms with Gasteiger partial charge in [0, 0.05) is 5.02 Å². The van der Waals surface area contributed by atoms with Gasteiger partial charge in [0.15, 0.2) is 16.8 Å². The van der Waals surface area contributed by atoms with Gasteiger partial charge in [0.1, 0.15) is 6.33 Å². The van der Waals surface area contributed by atoms with Crippen LogP contribution in [0.1, 0.15) is 24.1 Å². The number of hydrogen-bond acceptors (Lipinski definition) is 4. The number of halogens is 3. The molecule has 1 unspecified atom stereocenters. The maximum Gasteiger partial charge on any atom is 0.230 e. The average molecular weight is 423 g/mol. The summed E-state index contributed by atoms with van der Waals surface area (Å²) in [6.07, 6.45) is 1.55. The number of nitrogens with one attached hydrogen (secondary N) is 1. The summed E-state index contributed by atoms with van der Waals surface area (Å²) in [5.41, 5.74) is 2.23. The minimum atomic E-state index is -0.946. The highest BCUT2D eigenvalue weighted by Crippen LogP contribution is 2.24. The fourth-order valence-electron chi connectivity index (χ4n) is 2.51. The standard InChI is InChI=1S/C19H17ClF2N4OS/c1-11-3-5-14(8-15(11)20)26-10-23-25-19(26)28-9-18(27)24-12(2)13-4-6-16(21)17(22)7-13/h3-8,10,12H,9H2,1-2H3,(H,24,27). The summed E-state index contributed by atoms with van der Waals surface area (Å²) in [6.45, 7) is 3.61. The Morgan fingerprint density at radius 1 is 1.25 bits per heavy atom. The molecule has 1 aromatic heterocycles. The number of thioether (sulfide) groups is 1. The lowest BCUT2D eigenvalue weighted by Gasteiger charge is -2.14. The van der Waals surface area contributed by atoms with Crippen LogP contribution in [0.5, 0.6) is 0 Å². The molecule has 146 valence electrons. The van der Waals surface area contributed by atoms with Gasteiger partial charge >= 0.3 is 0 Å². The van der Waals surface area contributed by atoms with E-state index in [2.05, 4.69) is 15.5 Å². The topological polar surface area (TPSA) is 59.8 Å². The first-order chi connectivity index (χ1) is 13.3. The van der Waals surface area contributed by atoms with E-state index in [9.17, 15) is 13.6 Å². The maximum absolute atomic E-state index is 13.4.